The molecule has 0 radical (unpaired) electrons. The van der Waals surface area contributed by atoms with Gasteiger partial charge in [0, 0.05) is 18.7 Å². The summed E-state index contributed by atoms with van der Waals surface area (Å²) in [4.78, 5) is 11.7. The van der Waals surface area contributed by atoms with E-state index in [-0.39, 0.29) is 11.7 Å². The van der Waals surface area contributed by atoms with Crippen molar-refractivity contribution in [3.8, 4) is 5.75 Å². The number of benzene rings is 2. The van der Waals surface area contributed by atoms with E-state index < -0.39 is 0 Å². The lowest BCUT2D eigenvalue weighted by molar-refractivity contribution is -0.121. The number of aryl methyl sites for hydroxylation is 1. The van der Waals surface area contributed by atoms with E-state index >= 15 is 0 Å². The Morgan fingerprint density at radius 3 is 2.55 bits per heavy atom. The van der Waals surface area contributed by atoms with Crippen LogP contribution < -0.4 is 11.1 Å². The number of carbonyl (C=O) groups is 1. The minimum Gasteiger partial charge on any atom is -0.508 e. The van der Waals surface area contributed by atoms with Gasteiger partial charge in [0.15, 0.2) is 0 Å². The van der Waals surface area contributed by atoms with Crippen molar-refractivity contribution in [2.75, 3.05) is 5.73 Å². The second-order valence-corrected chi connectivity index (χ2v) is 4.69. The fraction of sp³-hybridized carbons (Fsp3) is 0.188. The quantitative estimate of drug-likeness (QED) is 0.729. The van der Waals surface area contributed by atoms with Crippen molar-refractivity contribution < 1.29 is 9.90 Å². The highest BCUT2D eigenvalue weighted by Gasteiger charge is 2.03. The first kappa shape index (κ1) is 13.9. The van der Waals surface area contributed by atoms with Crippen molar-refractivity contribution in [1.82, 2.24) is 5.32 Å². The van der Waals surface area contributed by atoms with Crippen LogP contribution in [-0.2, 0) is 17.8 Å². The van der Waals surface area contributed by atoms with E-state index in [4.69, 9.17) is 5.73 Å². The van der Waals surface area contributed by atoms with Gasteiger partial charge >= 0.3 is 0 Å². The fourth-order valence-corrected chi connectivity index (χ4v) is 1.91. The number of rotatable bonds is 5. The van der Waals surface area contributed by atoms with Crippen LogP contribution >= 0.6 is 0 Å². The van der Waals surface area contributed by atoms with Crippen molar-refractivity contribution in [3.05, 3.63) is 59.7 Å². The zero-order chi connectivity index (χ0) is 14.4. The number of hydrogen-bond donors (Lipinski definition) is 3. The molecule has 2 rings (SSSR count). The molecule has 2 aromatic carbocycles. The van der Waals surface area contributed by atoms with Crippen LogP contribution in [0.1, 0.15) is 17.5 Å². The summed E-state index contributed by atoms with van der Waals surface area (Å²) in [6.45, 7) is 0.486. The Kier molecular flexibility index (Phi) is 4.60. The average molecular weight is 270 g/mol. The van der Waals surface area contributed by atoms with Gasteiger partial charge in [0.1, 0.15) is 5.75 Å². The van der Waals surface area contributed by atoms with Gasteiger partial charge in [-0.1, -0.05) is 24.3 Å². The summed E-state index contributed by atoms with van der Waals surface area (Å²) >= 11 is 0. The summed E-state index contributed by atoms with van der Waals surface area (Å²) in [6.07, 6.45) is 1.08. The number of nitrogen functional groups attached to an aromatic ring is 1. The van der Waals surface area contributed by atoms with Gasteiger partial charge in [0.05, 0.1) is 0 Å². The number of anilines is 1. The second-order valence-electron chi connectivity index (χ2n) is 4.69. The average Bonchev–Trinajstić information content (AvgIpc) is 2.45. The lowest BCUT2D eigenvalue weighted by atomic mass is 10.1. The summed E-state index contributed by atoms with van der Waals surface area (Å²) in [5.41, 5.74) is 8.39. The molecule has 0 bridgehead atoms. The number of nitrogens with two attached hydrogens (primary N) is 1. The number of hydrogen-bond acceptors (Lipinski definition) is 3. The largest absolute Gasteiger partial charge is 0.508 e. The highest BCUT2D eigenvalue weighted by Crippen LogP contribution is 2.11. The predicted molar refractivity (Wildman–Crippen MR) is 79.1 cm³/mol. The summed E-state index contributed by atoms with van der Waals surface area (Å²) in [5, 5.41) is 12.0. The molecule has 104 valence electrons. The Morgan fingerprint density at radius 1 is 1.10 bits per heavy atom. The molecule has 1 amide bonds. The van der Waals surface area contributed by atoms with E-state index in [2.05, 4.69) is 5.32 Å². The number of amides is 1. The third-order valence-corrected chi connectivity index (χ3v) is 3.02. The van der Waals surface area contributed by atoms with Gasteiger partial charge in [0.2, 0.25) is 5.91 Å². The van der Waals surface area contributed by atoms with Gasteiger partial charge < -0.3 is 16.2 Å². The molecule has 4 N–H and O–H groups in total. The van der Waals surface area contributed by atoms with Crippen molar-refractivity contribution in [2.45, 2.75) is 19.4 Å². The molecule has 0 unspecified atom stereocenters. The topological polar surface area (TPSA) is 75.3 Å². The van der Waals surface area contributed by atoms with Crippen LogP contribution in [0.4, 0.5) is 5.69 Å². The Labute approximate surface area is 118 Å². The smallest absolute Gasteiger partial charge is 0.220 e. The number of carbonyl (C=O) groups excluding carboxylic acids is 1. The molecule has 0 heterocycles. The molecule has 0 aliphatic rings. The van der Waals surface area contributed by atoms with E-state index in [1.807, 2.05) is 36.4 Å². The number of phenols is 1. The van der Waals surface area contributed by atoms with E-state index in [1.165, 1.54) is 0 Å². The van der Waals surface area contributed by atoms with E-state index in [9.17, 15) is 9.90 Å². The van der Waals surface area contributed by atoms with Crippen LogP contribution in [0.5, 0.6) is 5.75 Å². The fourth-order valence-electron chi connectivity index (χ4n) is 1.91. The molecule has 0 atom stereocenters. The van der Waals surface area contributed by atoms with Crippen LogP contribution in [-0.4, -0.2) is 11.0 Å². The molecule has 0 spiro atoms. The number of aromatic hydroxyl groups is 1. The Hall–Kier alpha value is -2.49. The minimum absolute atomic E-state index is 0.000462. The van der Waals surface area contributed by atoms with Crippen LogP contribution in [0, 0.1) is 0 Å². The van der Waals surface area contributed by atoms with E-state index in [1.54, 1.807) is 12.1 Å². The molecule has 0 aromatic heterocycles. The summed E-state index contributed by atoms with van der Waals surface area (Å²) in [5.74, 6) is 0.236. The highest BCUT2D eigenvalue weighted by atomic mass is 16.3. The Balaban J connectivity index is 1.77. The normalized spacial score (nSPS) is 10.2. The predicted octanol–water partition coefficient (Wildman–Crippen LogP) is 2.22. The summed E-state index contributed by atoms with van der Waals surface area (Å²) in [7, 11) is 0. The molecule has 4 heteroatoms. The molecule has 0 fully saturated rings. The second kappa shape index (κ2) is 6.61. The van der Waals surface area contributed by atoms with Gasteiger partial charge in [-0.25, -0.2) is 0 Å². The zero-order valence-corrected chi connectivity index (χ0v) is 11.2. The Bertz CT molecular complexity index is 579. The zero-order valence-electron chi connectivity index (χ0n) is 11.2. The SMILES string of the molecule is Nc1cccc(CNC(=O)CCc2ccc(O)cc2)c1. The maximum atomic E-state index is 11.7. The molecule has 4 nitrogen and oxygen atoms in total. The van der Waals surface area contributed by atoms with Gasteiger partial charge in [-0.2, -0.15) is 0 Å². The summed E-state index contributed by atoms with van der Waals surface area (Å²) < 4.78 is 0. The molecule has 0 aliphatic heterocycles. The van der Waals surface area contributed by atoms with Crippen molar-refractivity contribution >= 4 is 11.6 Å². The first-order chi connectivity index (χ1) is 9.63. The van der Waals surface area contributed by atoms with Crippen LogP contribution in [0.3, 0.4) is 0 Å². The highest BCUT2D eigenvalue weighted by molar-refractivity contribution is 5.76. The first-order valence-corrected chi connectivity index (χ1v) is 6.52. The van der Waals surface area contributed by atoms with Crippen LogP contribution in [0.2, 0.25) is 0 Å². The van der Waals surface area contributed by atoms with Crippen molar-refractivity contribution in [2.24, 2.45) is 0 Å². The maximum absolute atomic E-state index is 11.7. The Morgan fingerprint density at radius 2 is 1.85 bits per heavy atom. The molecule has 20 heavy (non-hydrogen) atoms. The number of phenolic OH excluding ortho intramolecular Hbond substituents is 1. The van der Waals surface area contributed by atoms with Crippen molar-refractivity contribution in [3.63, 3.8) is 0 Å². The standard InChI is InChI=1S/C16H18N2O2/c17-14-3-1-2-13(10-14)11-18-16(20)9-6-12-4-7-15(19)8-5-12/h1-5,7-8,10,19H,6,9,11,17H2,(H,18,20). The molecule has 0 aliphatic carbocycles. The third kappa shape index (κ3) is 4.31. The minimum atomic E-state index is 0.000462. The van der Waals surface area contributed by atoms with Gasteiger partial charge in [0.25, 0.3) is 0 Å². The van der Waals surface area contributed by atoms with E-state index in [0.717, 1.165) is 11.1 Å². The molecular formula is C16H18N2O2. The van der Waals surface area contributed by atoms with Crippen LogP contribution in [0.25, 0.3) is 0 Å². The molecule has 2 aromatic rings. The third-order valence-electron chi connectivity index (χ3n) is 3.02. The monoisotopic (exact) mass is 270 g/mol. The van der Waals surface area contributed by atoms with Gasteiger partial charge in [-0.15, -0.1) is 0 Å². The molecule has 0 saturated heterocycles. The lowest BCUT2D eigenvalue weighted by Gasteiger charge is -2.06. The first-order valence-electron chi connectivity index (χ1n) is 6.52. The van der Waals surface area contributed by atoms with Crippen LogP contribution in [0.15, 0.2) is 48.5 Å². The van der Waals surface area contributed by atoms with Gasteiger partial charge in [-0.3, -0.25) is 4.79 Å². The summed E-state index contributed by atoms with van der Waals surface area (Å²) in [6, 6.07) is 14.3. The van der Waals surface area contributed by atoms with Gasteiger partial charge in [-0.05, 0) is 41.8 Å². The number of nitrogens with one attached hydrogen (secondary N) is 1. The molecular weight excluding hydrogens is 252 g/mol. The maximum Gasteiger partial charge on any atom is 0.220 e. The molecule has 0 saturated carbocycles. The van der Waals surface area contributed by atoms with Crippen molar-refractivity contribution in [1.29, 1.82) is 0 Å². The van der Waals surface area contributed by atoms with E-state index in [0.29, 0.717) is 25.1 Å². The lowest BCUT2D eigenvalue weighted by Crippen LogP contribution is -2.23.